The van der Waals surface area contributed by atoms with E-state index >= 15 is 0 Å². The van der Waals surface area contributed by atoms with E-state index in [0.717, 1.165) is 16.7 Å². The number of amides is 3. The third kappa shape index (κ3) is 8.09. The first-order chi connectivity index (χ1) is 15.9. The van der Waals surface area contributed by atoms with Gasteiger partial charge in [0.15, 0.2) is 0 Å². The predicted octanol–water partition coefficient (Wildman–Crippen LogP) is 3.94. The Morgan fingerprint density at radius 1 is 1.03 bits per heavy atom. The first kappa shape index (κ1) is 27.2. The minimum Gasteiger partial charge on any atom is -0.444 e. The molecule has 2 aromatic carbocycles. The second-order valence-corrected chi connectivity index (χ2v) is 9.72. The molecule has 0 heterocycles. The van der Waals surface area contributed by atoms with Crippen molar-refractivity contribution in [1.82, 2.24) is 15.5 Å². The van der Waals surface area contributed by atoms with E-state index in [1.165, 1.54) is 4.90 Å². The lowest BCUT2D eigenvalue weighted by Crippen LogP contribution is -2.52. The van der Waals surface area contributed by atoms with Gasteiger partial charge in [0.1, 0.15) is 17.7 Å². The molecule has 0 aliphatic carbocycles. The molecular weight excluding hydrogens is 450 g/mol. The normalized spacial score (nSPS) is 12.9. The zero-order chi connectivity index (χ0) is 25.5. The van der Waals surface area contributed by atoms with Gasteiger partial charge in [0.2, 0.25) is 11.8 Å². The number of carbonyl (C=O) groups excluding carboxylic acids is 3. The number of ether oxygens (including phenoxy) is 1. The van der Waals surface area contributed by atoms with E-state index in [4.69, 9.17) is 4.74 Å². The molecule has 2 aromatic rings. The van der Waals surface area contributed by atoms with Crippen molar-refractivity contribution in [2.45, 2.75) is 58.8 Å². The van der Waals surface area contributed by atoms with E-state index in [-0.39, 0.29) is 11.7 Å². The molecule has 2 unspecified atom stereocenters. The lowest BCUT2D eigenvalue weighted by atomic mass is 9.99. The van der Waals surface area contributed by atoms with Crippen LogP contribution in [0.1, 0.15) is 49.1 Å². The van der Waals surface area contributed by atoms with Crippen LogP contribution in [0.4, 0.5) is 4.79 Å². The van der Waals surface area contributed by atoms with Crippen LogP contribution in [0.3, 0.4) is 0 Å². The number of aryl methyl sites for hydroxylation is 2. The molecule has 0 spiro atoms. The van der Waals surface area contributed by atoms with Crippen molar-refractivity contribution in [3.63, 3.8) is 0 Å². The van der Waals surface area contributed by atoms with Crippen molar-refractivity contribution in [1.29, 1.82) is 0 Å². The first-order valence-corrected chi connectivity index (χ1v) is 11.8. The van der Waals surface area contributed by atoms with Crippen LogP contribution >= 0.6 is 12.6 Å². The van der Waals surface area contributed by atoms with Crippen LogP contribution in [-0.2, 0) is 20.9 Å². The van der Waals surface area contributed by atoms with Gasteiger partial charge in [-0.2, -0.15) is 12.6 Å². The summed E-state index contributed by atoms with van der Waals surface area (Å²) in [4.78, 5) is 40.3. The van der Waals surface area contributed by atoms with Crippen LogP contribution in [0.5, 0.6) is 0 Å². The molecular formula is C26H35N3O4S. The number of thiol groups is 1. The fraction of sp³-hybridized carbons (Fsp3) is 0.423. The number of hydrogen-bond acceptors (Lipinski definition) is 5. The molecule has 0 fully saturated rings. The molecule has 0 radical (unpaired) electrons. The summed E-state index contributed by atoms with van der Waals surface area (Å²) < 4.78 is 5.28. The third-order valence-corrected chi connectivity index (χ3v) is 5.39. The zero-order valence-corrected chi connectivity index (χ0v) is 21.6. The highest BCUT2D eigenvalue weighted by molar-refractivity contribution is 7.80. The number of hydrogen-bond donors (Lipinski definition) is 3. The standard InChI is InChI=1S/C26H35N3O4S/c1-17-12-18(2)14-20(13-17)22(23(30)27-15-19-10-8-7-9-11-19)29(6)24(31)21(16-34)28-25(32)33-26(3,4)5/h7-14,21-22,34H,15-16H2,1-6H3,(H,27,30)(H,28,32). The maximum atomic E-state index is 13.4. The number of benzene rings is 2. The fourth-order valence-corrected chi connectivity index (χ4v) is 3.86. The molecule has 0 bridgehead atoms. The van der Waals surface area contributed by atoms with Crippen molar-refractivity contribution >= 4 is 30.5 Å². The van der Waals surface area contributed by atoms with Crippen molar-refractivity contribution in [3.8, 4) is 0 Å². The highest BCUT2D eigenvalue weighted by Crippen LogP contribution is 2.24. The van der Waals surface area contributed by atoms with E-state index in [9.17, 15) is 14.4 Å². The molecule has 184 valence electrons. The molecule has 2 N–H and O–H groups in total. The van der Waals surface area contributed by atoms with Crippen LogP contribution in [0.15, 0.2) is 48.5 Å². The lowest BCUT2D eigenvalue weighted by molar-refractivity contribution is -0.140. The Morgan fingerprint density at radius 2 is 1.62 bits per heavy atom. The van der Waals surface area contributed by atoms with Gasteiger partial charge in [0.25, 0.3) is 0 Å². The largest absolute Gasteiger partial charge is 0.444 e. The molecule has 34 heavy (non-hydrogen) atoms. The van der Waals surface area contributed by atoms with Crippen molar-refractivity contribution in [2.24, 2.45) is 0 Å². The minimum atomic E-state index is -0.960. The first-order valence-electron chi connectivity index (χ1n) is 11.2. The Labute approximate surface area is 207 Å². The van der Waals surface area contributed by atoms with E-state index < -0.39 is 29.7 Å². The Kier molecular flexibility index (Phi) is 9.55. The van der Waals surface area contributed by atoms with E-state index in [1.54, 1.807) is 27.8 Å². The fourth-order valence-electron chi connectivity index (χ4n) is 3.61. The summed E-state index contributed by atoms with van der Waals surface area (Å²) in [5.74, 6) is -0.715. The Balaban J connectivity index is 2.29. The van der Waals surface area contributed by atoms with Crippen LogP contribution < -0.4 is 10.6 Å². The summed E-state index contributed by atoms with van der Waals surface area (Å²) in [6.45, 7) is 9.43. The summed E-state index contributed by atoms with van der Waals surface area (Å²) >= 11 is 4.25. The summed E-state index contributed by atoms with van der Waals surface area (Å²) in [6.07, 6.45) is -0.718. The number of nitrogens with one attached hydrogen (secondary N) is 2. The van der Waals surface area contributed by atoms with E-state index in [2.05, 4.69) is 23.3 Å². The minimum absolute atomic E-state index is 0.0492. The molecule has 8 heteroatoms. The van der Waals surface area contributed by atoms with Crippen LogP contribution in [0.25, 0.3) is 0 Å². The number of alkyl carbamates (subject to hydrolysis) is 1. The highest BCUT2D eigenvalue weighted by Gasteiger charge is 2.33. The number of carbonyl (C=O) groups is 3. The van der Waals surface area contributed by atoms with Gasteiger partial charge < -0.3 is 20.3 Å². The second-order valence-electron chi connectivity index (χ2n) is 9.36. The molecule has 0 saturated carbocycles. The van der Waals surface area contributed by atoms with Gasteiger partial charge in [0, 0.05) is 19.3 Å². The summed E-state index contributed by atoms with van der Waals surface area (Å²) in [5.41, 5.74) is 2.89. The van der Waals surface area contributed by atoms with Crippen LogP contribution in [-0.4, -0.2) is 47.3 Å². The maximum Gasteiger partial charge on any atom is 0.408 e. The summed E-state index contributed by atoms with van der Waals surface area (Å²) in [5, 5.41) is 5.51. The molecule has 0 aromatic heterocycles. The van der Waals surface area contributed by atoms with Gasteiger partial charge in [-0.05, 0) is 45.7 Å². The lowest BCUT2D eigenvalue weighted by Gasteiger charge is -2.31. The van der Waals surface area contributed by atoms with Gasteiger partial charge in [-0.1, -0.05) is 59.7 Å². The highest BCUT2D eigenvalue weighted by atomic mass is 32.1. The summed E-state index contributed by atoms with van der Waals surface area (Å²) in [6, 6.07) is 13.5. The number of likely N-dealkylation sites (N-methyl/N-ethyl adjacent to an activating group) is 1. The van der Waals surface area contributed by atoms with Crippen molar-refractivity contribution in [3.05, 3.63) is 70.8 Å². The van der Waals surface area contributed by atoms with Gasteiger partial charge in [0.05, 0.1) is 0 Å². The average Bonchev–Trinajstić information content (AvgIpc) is 2.74. The van der Waals surface area contributed by atoms with Gasteiger partial charge in [-0.15, -0.1) is 0 Å². The average molecular weight is 486 g/mol. The van der Waals surface area contributed by atoms with Crippen molar-refractivity contribution in [2.75, 3.05) is 12.8 Å². The molecule has 2 rings (SSSR count). The van der Waals surface area contributed by atoms with E-state index in [1.807, 2.05) is 62.4 Å². The number of rotatable bonds is 8. The summed E-state index contributed by atoms with van der Waals surface area (Å²) in [7, 11) is 1.56. The van der Waals surface area contributed by atoms with Gasteiger partial charge in [-0.25, -0.2) is 4.79 Å². The Morgan fingerprint density at radius 3 is 2.15 bits per heavy atom. The van der Waals surface area contributed by atoms with E-state index in [0.29, 0.717) is 12.1 Å². The number of nitrogens with zero attached hydrogens (tertiary/aromatic N) is 1. The third-order valence-electron chi connectivity index (χ3n) is 5.02. The molecule has 0 aliphatic heterocycles. The Bertz CT molecular complexity index is 985. The van der Waals surface area contributed by atoms with Gasteiger partial charge >= 0.3 is 6.09 Å². The smallest absolute Gasteiger partial charge is 0.408 e. The second kappa shape index (κ2) is 11.9. The molecule has 0 saturated heterocycles. The topological polar surface area (TPSA) is 87.7 Å². The Hall–Kier alpha value is -3.00. The molecule has 0 aliphatic rings. The van der Waals surface area contributed by atoms with Crippen LogP contribution in [0.2, 0.25) is 0 Å². The molecule has 2 atom stereocenters. The zero-order valence-electron chi connectivity index (χ0n) is 20.7. The van der Waals surface area contributed by atoms with Crippen LogP contribution in [0, 0.1) is 13.8 Å². The van der Waals surface area contributed by atoms with Crippen molar-refractivity contribution < 1.29 is 19.1 Å². The van der Waals surface area contributed by atoms with Gasteiger partial charge in [-0.3, -0.25) is 9.59 Å². The quantitative estimate of drug-likeness (QED) is 0.494. The predicted molar refractivity (Wildman–Crippen MR) is 137 cm³/mol. The maximum absolute atomic E-state index is 13.4. The monoisotopic (exact) mass is 485 g/mol. The molecule has 7 nitrogen and oxygen atoms in total. The SMILES string of the molecule is Cc1cc(C)cc(C(C(=O)NCc2ccccc2)N(C)C(=O)C(CS)NC(=O)OC(C)(C)C)c1. The molecule has 3 amide bonds.